The fourth-order valence-corrected chi connectivity index (χ4v) is 2.62. The molecule has 2 nitrogen and oxygen atoms in total. The summed E-state index contributed by atoms with van der Waals surface area (Å²) < 4.78 is 0. The fourth-order valence-electron chi connectivity index (χ4n) is 2.62. The van der Waals surface area contributed by atoms with E-state index in [1.54, 1.807) is 0 Å². The maximum Gasteiger partial charge on any atom is 0.193 e. The minimum Gasteiger partial charge on any atom is -0.289 e. The van der Waals surface area contributed by atoms with Gasteiger partial charge in [-0.25, -0.2) is 0 Å². The summed E-state index contributed by atoms with van der Waals surface area (Å²) in [7, 11) is 0. The number of aryl methyl sites for hydroxylation is 2. The van der Waals surface area contributed by atoms with Crippen molar-refractivity contribution >= 4 is 5.78 Å². The van der Waals surface area contributed by atoms with Gasteiger partial charge < -0.3 is 0 Å². The molecule has 0 aromatic heterocycles. The van der Waals surface area contributed by atoms with Crippen molar-refractivity contribution in [2.75, 3.05) is 0 Å². The SMILES string of the molecule is Cc1ccc(C(=O)c2c(C)cccc2CC#N)c(C)c1C. The summed E-state index contributed by atoms with van der Waals surface area (Å²) in [4.78, 5) is 12.9. The van der Waals surface area contributed by atoms with Crippen LogP contribution in [0.5, 0.6) is 0 Å². The Balaban J connectivity index is 2.61. The molecule has 106 valence electrons. The molecular formula is C19H19NO. The molecule has 2 rings (SSSR count). The van der Waals surface area contributed by atoms with Crippen molar-refractivity contribution in [2.24, 2.45) is 0 Å². The Kier molecular flexibility index (Phi) is 4.23. The van der Waals surface area contributed by atoms with Crippen molar-refractivity contribution in [1.29, 1.82) is 5.26 Å². The van der Waals surface area contributed by atoms with E-state index in [0.717, 1.165) is 27.8 Å². The maximum atomic E-state index is 12.9. The van der Waals surface area contributed by atoms with Gasteiger partial charge in [0.05, 0.1) is 12.5 Å². The highest BCUT2D eigenvalue weighted by Gasteiger charge is 2.18. The Morgan fingerprint density at radius 3 is 2.38 bits per heavy atom. The largest absolute Gasteiger partial charge is 0.289 e. The molecule has 0 aliphatic heterocycles. The molecule has 0 amide bonds. The first-order chi connectivity index (χ1) is 9.97. The number of carbonyl (C=O) groups is 1. The molecule has 0 unspecified atom stereocenters. The van der Waals surface area contributed by atoms with Gasteiger partial charge in [0.15, 0.2) is 5.78 Å². The Bertz CT molecular complexity index is 751. The van der Waals surface area contributed by atoms with Gasteiger partial charge in [-0.2, -0.15) is 5.26 Å². The topological polar surface area (TPSA) is 40.9 Å². The maximum absolute atomic E-state index is 12.9. The monoisotopic (exact) mass is 277 g/mol. The third-order valence-corrected chi connectivity index (χ3v) is 4.16. The zero-order valence-electron chi connectivity index (χ0n) is 12.9. The van der Waals surface area contributed by atoms with Crippen molar-refractivity contribution < 1.29 is 4.79 Å². The van der Waals surface area contributed by atoms with Gasteiger partial charge in [-0.05, 0) is 55.5 Å². The van der Waals surface area contributed by atoms with Gasteiger partial charge in [-0.3, -0.25) is 4.79 Å². The highest BCUT2D eigenvalue weighted by atomic mass is 16.1. The molecule has 0 radical (unpaired) electrons. The molecule has 0 aliphatic rings. The van der Waals surface area contributed by atoms with Gasteiger partial charge in [0, 0.05) is 11.1 Å². The normalized spacial score (nSPS) is 10.2. The van der Waals surface area contributed by atoms with E-state index in [0.29, 0.717) is 5.56 Å². The number of hydrogen-bond acceptors (Lipinski definition) is 2. The molecule has 2 aromatic carbocycles. The van der Waals surface area contributed by atoms with Crippen LogP contribution in [0.15, 0.2) is 30.3 Å². The number of carbonyl (C=O) groups excluding carboxylic acids is 1. The van der Waals surface area contributed by atoms with Crippen LogP contribution in [0.1, 0.15) is 43.7 Å². The molecule has 0 saturated heterocycles. The van der Waals surface area contributed by atoms with Crippen LogP contribution in [-0.2, 0) is 6.42 Å². The molecule has 0 saturated carbocycles. The Labute approximate surface area is 126 Å². The average molecular weight is 277 g/mol. The highest BCUT2D eigenvalue weighted by molar-refractivity contribution is 6.12. The number of benzene rings is 2. The van der Waals surface area contributed by atoms with Crippen LogP contribution < -0.4 is 0 Å². The van der Waals surface area contributed by atoms with Gasteiger partial charge in [0.2, 0.25) is 0 Å². The first-order valence-corrected chi connectivity index (χ1v) is 7.04. The van der Waals surface area contributed by atoms with Gasteiger partial charge >= 0.3 is 0 Å². The standard InChI is InChI=1S/C19H19NO/c1-12-8-9-17(15(4)14(12)3)19(21)18-13(2)6-5-7-16(18)10-11-20/h5-9H,10H2,1-4H3. The Hall–Kier alpha value is -2.40. The number of hydrogen-bond donors (Lipinski definition) is 0. The van der Waals surface area contributed by atoms with Crippen LogP contribution in [-0.4, -0.2) is 5.78 Å². The minimum absolute atomic E-state index is 0.0129. The molecule has 0 atom stereocenters. The lowest BCUT2D eigenvalue weighted by molar-refractivity contribution is 0.103. The zero-order chi connectivity index (χ0) is 15.6. The fraction of sp³-hybridized carbons (Fsp3) is 0.263. The van der Waals surface area contributed by atoms with Gasteiger partial charge in [0.25, 0.3) is 0 Å². The summed E-state index contributed by atoms with van der Waals surface area (Å²) in [6, 6.07) is 11.7. The number of rotatable bonds is 3. The summed E-state index contributed by atoms with van der Waals surface area (Å²) in [6.45, 7) is 7.99. The molecule has 0 spiro atoms. The number of ketones is 1. The van der Waals surface area contributed by atoms with E-state index in [2.05, 4.69) is 6.07 Å². The second-order valence-electron chi connectivity index (χ2n) is 5.45. The first kappa shape index (κ1) is 15.0. The van der Waals surface area contributed by atoms with Crippen molar-refractivity contribution in [3.05, 3.63) is 69.3 Å². The average Bonchev–Trinajstić information content (AvgIpc) is 2.45. The van der Waals surface area contributed by atoms with Crippen molar-refractivity contribution in [2.45, 2.75) is 34.1 Å². The molecule has 0 heterocycles. The molecule has 0 N–H and O–H groups in total. The Morgan fingerprint density at radius 2 is 1.71 bits per heavy atom. The second kappa shape index (κ2) is 5.93. The summed E-state index contributed by atoms with van der Waals surface area (Å²) in [5, 5.41) is 8.96. The molecule has 0 aliphatic carbocycles. The van der Waals surface area contributed by atoms with E-state index in [-0.39, 0.29) is 12.2 Å². The van der Waals surface area contributed by atoms with Crippen LogP contribution in [0.25, 0.3) is 0 Å². The minimum atomic E-state index is 0.0129. The van der Waals surface area contributed by atoms with Crippen LogP contribution in [0.3, 0.4) is 0 Å². The van der Waals surface area contributed by atoms with Crippen molar-refractivity contribution in [3.63, 3.8) is 0 Å². The summed E-state index contributed by atoms with van der Waals surface area (Å²) >= 11 is 0. The van der Waals surface area contributed by atoms with Gasteiger partial charge in [-0.15, -0.1) is 0 Å². The summed E-state index contributed by atoms with van der Waals surface area (Å²) in [5.74, 6) is 0.0129. The summed E-state index contributed by atoms with van der Waals surface area (Å²) in [6.07, 6.45) is 0.257. The van der Waals surface area contributed by atoms with Crippen LogP contribution in [0.4, 0.5) is 0 Å². The van der Waals surface area contributed by atoms with Crippen molar-refractivity contribution in [3.8, 4) is 6.07 Å². The van der Waals surface area contributed by atoms with Gasteiger partial charge in [0.1, 0.15) is 0 Å². The lowest BCUT2D eigenvalue weighted by atomic mass is 9.89. The lowest BCUT2D eigenvalue weighted by Gasteiger charge is -2.14. The number of nitrogens with zero attached hydrogens (tertiary/aromatic N) is 1. The predicted octanol–water partition coefficient (Wildman–Crippen LogP) is 4.22. The number of nitriles is 1. The lowest BCUT2D eigenvalue weighted by Crippen LogP contribution is -2.10. The molecule has 2 heteroatoms. The van der Waals surface area contributed by atoms with E-state index in [4.69, 9.17) is 5.26 Å². The smallest absolute Gasteiger partial charge is 0.193 e. The van der Waals surface area contributed by atoms with Crippen LogP contribution in [0.2, 0.25) is 0 Å². The van der Waals surface area contributed by atoms with E-state index < -0.39 is 0 Å². The third kappa shape index (κ3) is 2.73. The van der Waals surface area contributed by atoms with E-state index in [1.807, 2.05) is 58.0 Å². The van der Waals surface area contributed by atoms with E-state index in [1.165, 1.54) is 5.56 Å². The summed E-state index contributed by atoms with van der Waals surface area (Å²) in [5.41, 5.74) is 6.48. The Morgan fingerprint density at radius 1 is 1.00 bits per heavy atom. The predicted molar refractivity (Wildman–Crippen MR) is 84.6 cm³/mol. The molecule has 2 aromatic rings. The quantitative estimate of drug-likeness (QED) is 0.788. The third-order valence-electron chi connectivity index (χ3n) is 4.16. The van der Waals surface area contributed by atoms with Crippen LogP contribution >= 0.6 is 0 Å². The zero-order valence-corrected chi connectivity index (χ0v) is 12.9. The molecule has 0 fully saturated rings. The second-order valence-corrected chi connectivity index (χ2v) is 5.45. The van der Waals surface area contributed by atoms with Crippen molar-refractivity contribution in [1.82, 2.24) is 0 Å². The first-order valence-electron chi connectivity index (χ1n) is 7.04. The van der Waals surface area contributed by atoms with Crippen LogP contribution in [0, 0.1) is 39.0 Å². The molecular weight excluding hydrogens is 258 g/mol. The molecule has 21 heavy (non-hydrogen) atoms. The van der Waals surface area contributed by atoms with Gasteiger partial charge in [-0.1, -0.05) is 30.3 Å². The van der Waals surface area contributed by atoms with E-state index >= 15 is 0 Å². The van der Waals surface area contributed by atoms with E-state index in [9.17, 15) is 4.79 Å². The molecule has 0 bridgehead atoms. The highest BCUT2D eigenvalue weighted by Crippen LogP contribution is 2.24.